The Hall–Kier alpha value is -3.11. The van der Waals surface area contributed by atoms with E-state index in [9.17, 15) is 24.5 Å². The molecule has 3 heterocycles. The lowest BCUT2D eigenvalue weighted by Gasteiger charge is -2.27. The van der Waals surface area contributed by atoms with E-state index in [-0.39, 0.29) is 28.1 Å². The summed E-state index contributed by atoms with van der Waals surface area (Å²) in [7, 11) is 0. The summed E-state index contributed by atoms with van der Waals surface area (Å²) < 4.78 is 5.69. The number of amides is 3. The average Bonchev–Trinajstić information content (AvgIpc) is 3.35. The molecule has 0 unspecified atom stereocenters. The fraction of sp³-hybridized carbons (Fsp3) is 0.286. The number of halogens is 1. The summed E-state index contributed by atoms with van der Waals surface area (Å²) in [5.74, 6) is -0.149. The molecule has 166 valence electrons. The van der Waals surface area contributed by atoms with E-state index in [1.165, 1.54) is 18.2 Å². The monoisotopic (exact) mass is 475 g/mol. The molecule has 2 saturated heterocycles. The third-order valence-electron chi connectivity index (χ3n) is 5.20. The van der Waals surface area contributed by atoms with E-state index >= 15 is 0 Å². The molecule has 0 N–H and O–H groups in total. The Labute approximate surface area is 192 Å². The molecule has 0 atom stereocenters. The van der Waals surface area contributed by atoms with Crippen LogP contribution in [0, 0.1) is 10.1 Å². The predicted molar refractivity (Wildman–Crippen MR) is 119 cm³/mol. The Bertz CT molecular complexity index is 1140. The lowest BCUT2D eigenvalue weighted by atomic mass is 10.1. The van der Waals surface area contributed by atoms with E-state index in [1.807, 2.05) is 0 Å². The zero-order valence-corrected chi connectivity index (χ0v) is 18.4. The van der Waals surface area contributed by atoms with Crippen LogP contribution in [0.1, 0.15) is 25.0 Å². The molecular formula is C21H18ClN3O6S. The van der Waals surface area contributed by atoms with Gasteiger partial charge in [-0.1, -0.05) is 11.6 Å². The number of benzene rings is 1. The molecule has 11 heteroatoms. The second-order valence-electron chi connectivity index (χ2n) is 7.33. The Balaban J connectivity index is 1.49. The highest BCUT2D eigenvalue weighted by atomic mass is 35.5. The van der Waals surface area contributed by atoms with Crippen LogP contribution in [0.2, 0.25) is 5.02 Å². The highest BCUT2D eigenvalue weighted by Gasteiger charge is 2.37. The summed E-state index contributed by atoms with van der Waals surface area (Å²) in [6.07, 6.45) is 4.34. The fourth-order valence-corrected chi connectivity index (χ4v) is 4.54. The number of nitro groups is 1. The molecule has 9 nitrogen and oxygen atoms in total. The summed E-state index contributed by atoms with van der Waals surface area (Å²) in [5, 5.41) is 10.6. The smallest absolute Gasteiger partial charge is 0.294 e. The van der Waals surface area contributed by atoms with E-state index in [0.29, 0.717) is 30.2 Å². The van der Waals surface area contributed by atoms with Crippen LogP contribution in [0.15, 0.2) is 39.7 Å². The number of hydrogen-bond donors (Lipinski definition) is 0. The summed E-state index contributed by atoms with van der Waals surface area (Å²) in [6.45, 7) is 1.01. The first kappa shape index (κ1) is 22.1. The molecule has 32 heavy (non-hydrogen) atoms. The van der Waals surface area contributed by atoms with Gasteiger partial charge < -0.3 is 9.32 Å². The number of likely N-dealkylation sites (tertiary alicyclic amines) is 1. The molecule has 2 aromatic rings. The van der Waals surface area contributed by atoms with E-state index in [2.05, 4.69) is 0 Å². The molecule has 1 aromatic heterocycles. The Morgan fingerprint density at radius 3 is 2.66 bits per heavy atom. The van der Waals surface area contributed by atoms with Crippen LogP contribution in [0.25, 0.3) is 17.4 Å². The van der Waals surface area contributed by atoms with Crippen LogP contribution in [0.3, 0.4) is 0 Å². The normalized spacial score (nSPS) is 18.0. The van der Waals surface area contributed by atoms with Gasteiger partial charge in [-0.25, -0.2) is 0 Å². The topological polar surface area (TPSA) is 114 Å². The largest absolute Gasteiger partial charge is 0.457 e. The quantitative estimate of drug-likeness (QED) is 0.354. The third-order valence-corrected chi connectivity index (χ3v) is 6.43. The highest BCUT2D eigenvalue weighted by Crippen LogP contribution is 2.35. The van der Waals surface area contributed by atoms with Crippen molar-refractivity contribution < 1.29 is 23.7 Å². The molecule has 2 fully saturated rings. The number of hydrogen-bond acceptors (Lipinski definition) is 7. The van der Waals surface area contributed by atoms with E-state index < -0.39 is 16.1 Å². The molecule has 0 saturated carbocycles. The number of nitrogens with zero attached hydrogens (tertiary/aromatic N) is 3. The van der Waals surface area contributed by atoms with Crippen LogP contribution in [0.4, 0.5) is 10.5 Å². The van der Waals surface area contributed by atoms with E-state index in [0.717, 1.165) is 35.9 Å². The molecule has 4 rings (SSSR count). The van der Waals surface area contributed by atoms with E-state index in [4.69, 9.17) is 16.0 Å². The van der Waals surface area contributed by atoms with Gasteiger partial charge in [0.15, 0.2) is 0 Å². The number of carbonyl (C=O) groups excluding carboxylic acids is 3. The van der Waals surface area contributed by atoms with Crippen LogP contribution < -0.4 is 0 Å². The second-order valence-corrected chi connectivity index (χ2v) is 8.74. The molecule has 2 aliphatic heterocycles. The Morgan fingerprint density at radius 1 is 1.19 bits per heavy atom. The zero-order valence-electron chi connectivity index (χ0n) is 16.8. The first-order valence-corrected chi connectivity index (χ1v) is 11.1. The number of carbonyl (C=O) groups is 3. The third kappa shape index (κ3) is 4.56. The maximum absolute atomic E-state index is 12.7. The van der Waals surface area contributed by atoms with Crippen molar-refractivity contribution in [2.24, 2.45) is 0 Å². The lowest BCUT2D eigenvalue weighted by Crippen LogP contribution is -2.44. The fourth-order valence-electron chi connectivity index (χ4n) is 3.54. The molecular weight excluding hydrogens is 458 g/mol. The molecule has 1 aromatic carbocycles. The number of nitro benzene ring substituents is 1. The summed E-state index contributed by atoms with van der Waals surface area (Å²) in [6, 6.07) is 7.47. The maximum Gasteiger partial charge on any atom is 0.294 e. The van der Waals surface area contributed by atoms with Gasteiger partial charge in [0.05, 0.1) is 9.83 Å². The minimum atomic E-state index is -0.586. The number of piperidine rings is 1. The van der Waals surface area contributed by atoms with Gasteiger partial charge in [0, 0.05) is 30.8 Å². The van der Waals surface area contributed by atoms with Gasteiger partial charge in [-0.15, -0.1) is 0 Å². The number of furan rings is 1. The second kappa shape index (κ2) is 9.17. The standard InChI is InChI=1S/C21H18ClN3O6S/c22-15-6-4-13(10-16(15)25(29)30)17-7-5-14(31-17)11-18-20(27)24(21(28)32-18)12-19(26)23-8-2-1-3-9-23/h4-7,10-11H,1-3,8-9,12H2/b18-11+. The summed E-state index contributed by atoms with van der Waals surface area (Å²) in [5.41, 5.74) is 0.197. The minimum Gasteiger partial charge on any atom is -0.457 e. The van der Waals surface area contributed by atoms with E-state index in [1.54, 1.807) is 23.1 Å². The van der Waals surface area contributed by atoms with Crippen molar-refractivity contribution in [2.45, 2.75) is 19.3 Å². The highest BCUT2D eigenvalue weighted by molar-refractivity contribution is 8.18. The van der Waals surface area contributed by atoms with Gasteiger partial charge >= 0.3 is 0 Å². The van der Waals surface area contributed by atoms with Crippen LogP contribution in [0.5, 0.6) is 0 Å². The molecule has 2 aliphatic rings. The molecule has 0 radical (unpaired) electrons. The Morgan fingerprint density at radius 2 is 1.94 bits per heavy atom. The molecule has 0 bridgehead atoms. The van der Waals surface area contributed by atoms with Gasteiger partial charge in [-0.2, -0.15) is 0 Å². The maximum atomic E-state index is 12.7. The van der Waals surface area contributed by atoms with Crippen molar-refractivity contribution in [3.63, 3.8) is 0 Å². The van der Waals surface area contributed by atoms with Crippen molar-refractivity contribution >= 4 is 52.2 Å². The van der Waals surface area contributed by atoms with Crippen molar-refractivity contribution in [1.82, 2.24) is 9.80 Å². The lowest BCUT2D eigenvalue weighted by molar-refractivity contribution is -0.384. The molecule has 3 amide bonds. The van der Waals surface area contributed by atoms with Gasteiger partial charge in [0.2, 0.25) is 5.91 Å². The van der Waals surface area contributed by atoms with Crippen molar-refractivity contribution in [3.05, 3.63) is 56.1 Å². The van der Waals surface area contributed by atoms with Crippen molar-refractivity contribution in [3.8, 4) is 11.3 Å². The summed E-state index contributed by atoms with van der Waals surface area (Å²) in [4.78, 5) is 50.7. The van der Waals surface area contributed by atoms with Gasteiger partial charge in [-0.05, 0) is 55.3 Å². The zero-order chi connectivity index (χ0) is 22.8. The first-order chi connectivity index (χ1) is 15.3. The SMILES string of the molecule is O=C(CN1C(=O)S/C(=C/c2ccc(-c3ccc(Cl)c([N+](=O)[O-])c3)o2)C1=O)N1CCCCC1. The van der Waals surface area contributed by atoms with Crippen LogP contribution in [-0.4, -0.2) is 51.4 Å². The summed E-state index contributed by atoms with van der Waals surface area (Å²) >= 11 is 6.58. The Kier molecular flexibility index (Phi) is 6.33. The van der Waals surface area contributed by atoms with Crippen LogP contribution in [-0.2, 0) is 9.59 Å². The number of rotatable bonds is 5. The molecule has 0 spiro atoms. The molecule has 0 aliphatic carbocycles. The van der Waals surface area contributed by atoms with Crippen molar-refractivity contribution in [1.29, 1.82) is 0 Å². The van der Waals surface area contributed by atoms with Gasteiger partial charge in [-0.3, -0.25) is 29.4 Å². The van der Waals surface area contributed by atoms with Gasteiger partial charge in [0.1, 0.15) is 23.1 Å². The number of thioether (sulfide) groups is 1. The minimum absolute atomic E-state index is 0.0123. The van der Waals surface area contributed by atoms with Gasteiger partial charge in [0.25, 0.3) is 16.8 Å². The van der Waals surface area contributed by atoms with Crippen LogP contribution >= 0.6 is 23.4 Å². The van der Waals surface area contributed by atoms with Crippen molar-refractivity contribution in [2.75, 3.05) is 19.6 Å². The first-order valence-electron chi connectivity index (χ1n) is 9.91. The predicted octanol–water partition coefficient (Wildman–Crippen LogP) is 4.56. The average molecular weight is 476 g/mol. The number of imide groups is 1.